The lowest BCUT2D eigenvalue weighted by Gasteiger charge is -2.57. The quantitative estimate of drug-likeness (QED) is 0.161. The summed E-state index contributed by atoms with van der Waals surface area (Å²) in [6, 6.07) is 5.16. The molecule has 0 saturated carbocycles. The van der Waals surface area contributed by atoms with Gasteiger partial charge in [-0.3, -0.25) is 19.4 Å². The highest BCUT2D eigenvalue weighted by Gasteiger charge is 2.47. The Bertz CT molecular complexity index is 1110. The smallest absolute Gasteiger partial charge is 0.317 e. The minimum absolute atomic E-state index is 0.115. The van der Waals surface area contributed by atoms with Gasteiger partial charge in [0.15, 0.2) is 0 Å². The summed E-state index contributed by atoms with van der Waals surface area (Å²) < 4.78 is 5.32. The molecule has 0 aromatic heterocycles. The maximum atomic E-state index is 12.0. The summed E-state index contributed by atoms with van der Waals surface area (Å²) in [5.74, 6) is -0.849. The molecule has 2 unspecified atom stereocenters. The molecule has 7 heteroatoms. The van der Waals surface area contributed by atoms with Crippen LogP contribution in [0, 0.1) is 5.92 Å². The number of carboxylic acid groups (broad SMARTS) is 1. The van der Waals surface area contributed by atoms with Crippen molar-refractivity contribution in [3.63, 3.8) is 0 Å². The number of carbonyl (C=O) groups is 2. The molecule has 1 aromatic carbocycles. The van der Waals surface area contributed by atoms with E-state index in [-0.39, 0.29) is 34.6 Å². The molecule has 2 fully saturated rings. The fourth-order valence-corrected chi connectivity index (χ4v) is 7.95. The fraction of sp³-hybridized carbons (Fsp3) is 0.784. The lowest BCUT2D eigenvalue weighted by Crippen LogP contribution is -2.62. The number of esters is 1. The standard InChI is InChI=1S/C37H62N2O5/c1-34(2,3)28-20-25(21-29(33(28)43)35(4,5)6)19-27(15-14-18-44-32(42)22-31(40)41)39-17-13-12-16-30(39)26-23-36(7,8)38(11)37(9,10)24-26/h20-21,26-27,30,43H,12-19,22-24H2,1-11H3,(H,40,41). The number of rotatable bonds is 10. The molecule has 0 aliphatic carbocycles. The van der Waals surface area contributed by atoms with E-state index in [1.807, 2.05) is 0 Å². The molecular formula is C37H62N2O5. The van der Waals surface area contributed by atoms with Crippen LogP contribution in [0.25, 0.3) is 0 Å². The number of carbonyl (C=O) groups excluding carboxylic acids is 1. The van der Waals surface area contributed by atoms with Gasteiger partial charge in [0.2, 0.25) is 0 Å². The second-order valence-corrected chi connectivity index (χ2v) is 17.0. The molecule has 7 nitrogen and oxygen atoms in total. The van der Waals surface area contributed by atoms with Gasteiger partial charge in [0.1, 0.15) is 12.2 Å². The van der Waals surface area contributed by atoms with Crippen molar-refractivity contribution >= 4 is 11.9 Å². The molecule has 2 aliphatic heterocycles. The van der Waals surface area contributed by atoms with Crippen molar-refractivity contribution in [3.05, 3.63) is 28.8 Å². The zero-order valence-electron chi connectivity index (χ0n) is 29.7. The average Bonchev–Trinajstić information content (AvgIpc) is 2.87. The Morgan fingerprint density at radius 1 is 0.977 bits per heavy atom. The molecule has 0 radical (unpaired) electrons. The van der Waals surface area contributed by atoms with E-state index in [2.05, 4.69) is 98.2 Å². The van der Waals surface area contributed by atoms with Crippen LogP contribution in [0.3, 0.4) is 0 Å². The first-order valence-electron chi connectivity index (χ1n) is 16.9. The molecule has 2 N–H and O–H groups in total. The van der Waals surface area contributed by atoms with Crippen LogP contribution in [0.2, 0.25) is 0 Å². The number of hydrogen-bond donors (Lipinski definition) is 2. The molecule has 44 heavy (non-hydrogen) atoms. The van der Waals surface area contributed by atoms with Crippen molar-refractivity contribution in [3.8, 4) is 5.75 Å². The zero-order chi connectivity index (χ0) is 33.3. The lowest BCUT2D eigenvalue weighted by molar-refractivity contribution is -0.151. The van der Waals surface area contributed by atoms with Crippen molar-refractivity contribution in [2.75, 3.05) is 20.2 Å². The molecule has 0 bridgehead atoms. The monoisotopic (exact) mass is 614 g/mol. The number of phenolic OH excluding ortho intramolecular Hbond substituents is 1. The summed E-state index contributed by atoms with van der Waals surface area (Å²) >= 11 is 0. The highest BCUT2D eigenvalue weighted by atomic mass is 16.5. The number of hydrogen-bond acceptors (Lipinski definition) is 6. The van der Waals surface area contributed by atoms with E-state index in [9.17, 15) is 14.7 Å². The van der Waals surface area contributed by atoms with Crippen LogP contribution in [0.5, 0.6) is 5.75 Å². The van der Waals surface area contributed by atoms with Gasteiger partial charge in [-0.1, -0.05) is 60.1 Å². The number of phenols is 1. The van der Waals surface area contributed by atoms with E-state index in [4.69, 9.17) is 9.84 Å². The van der Waals surface area contributed by atoms with Crippen molar-refractivity contribution in [1.82, 2.24) is 9.80 Å². The first-order valence-corrected chi connectivity index (χ1v) is 16.9. The number of carboxylic acids is 1. The summed E-state index contributed by atoms with van der Waals surface area (Å²) in [5, 5.41) is 20.3. The van der Waals surface area contributed by atoms with Gasteiger partial charge in [0.05, 0.1) is 6.61 Å². The molecule has 2 aliphatic rings. The summed E-state index contributed by atoms with van der Waals surface area (Å²) in [5.41, 5.74) is 3.02. The van der Waals surface area contributed by atoms with Crippen LogP contribution in [0.4, 0.5) is 0 Å². The number of nitrogens with zero attached hydrogens (tertiary/aromatic N) is 2. The van der Waals surface area contributed by atoms with Crippen LogP contribution in [0.15, 0.2) is 12.1 Å². The third-order valence-electron chi connectivity index (χ3n) is 10.4. The highest BCUT2D eigenvalue weighted by Crippen LogP contribution is 2.45. The molecule has 2 heterocycles. The fourth-order valence-electron chi connectivity index (χ4n) is 7.95. The van der Waals surface area contributed by atoms with Crippen LogP contribution in [-0.4, -0.2) is 75.3 Å². The van der Waals surface area contributed by atoms with E-state index in [0.29, 0.717) is 24.1 Å². The molecule has 0 spiro atoms. The van der Waals surface area contributed by atoms with E-state index in [1.165, 1.54) is 24.8 Å². The summed E-state index contributed by atoms with van der Waals surface area (Å²) in [6.07, 6.45) is 7.73. The van der Waals surface area contributed by atoms with Crippen molar-refractivity contribution < 1.29 is 24.5 Å². The van der Waals surface area contributed by atoms with Crippen LogP contribution >= 0.6 is 0 Å². The number of aromatic hydroxyl groups is 1. The van der Waals surface area contributed by atoms with Crippen molar-refractivity contribution in [2.24, 2.45) is 5.92 Å². The molecule has 2 atom stereocenters. The van der Waals surface area contributed by atoms with Gasteiger partial charge in [-0.15, -0.1) is 0 Å². The summed E-state index contributed by atoms with van der Waals surface area (Å²) in [6.45, 7) is 23.8. The predicted molar refractivity (Wildman–Crippen MR) is 178 cm³/mol. The van der Waals surface area contributed by atoms with E-state index in [0.717, 1.165) is 43.4 Å². The lowest BCUT2D eigenvalue weighted by atomic mass is 9.69. The number of benzene rings is 1. The highest BCUT2D eigenvalue weighted by molar-refractivity contribution is 5.90. The predicted octanol–water partition coefficient (Wildman–Crippen LogP) is 7.45. The van der Waals surface area contributed by atoms with Gasteiger partial charge in [-0.2, -0.15) is 0 Å². The first kappa shape index (κ1) is 36.3. The molecule has 1 aromatic rings. The Balaban J connectivity index is 1.98. The number of likely N-dealkylation sites (tertiary alicyclic amines) is 2. The third kappa shape index (κ3) is 8.99. The van der Waals surface area contributed by atoms with Crippen molar-refractivity contribution in [2.45, 2.75) is 161 Å². The third-order valence-corrected chi connectivity index (χ3v) is 10.4. The van der Waals surface area contributed by atoms with Gasteiger partial charge in [-0.25, -0.2) is 0 Å². The Hall–Kier alpha value is -2.12. The van der Waals surface area contributed by atoms with Gasteiger partial charge < -0.3 is 14.9 Å². The van der Waals surface area contributed by atoms with Crippen LogP contribution in [0.1, 0.15) is 137 Å². The Kier molecular flexibility index (Phi) is 11.3. The van der Waals surface area contributed by atoms with E-state index < -0.39 is 18.4 Å². The number of aliphatic carboxylic acids is 1. The van der Waals surface area contributed by atoms with E-state index in [1.54, 1.807) is 0 Å². The first-order chi connectivity index (χ1) is 20.1. The van der Waals surface area contributed by atoms with Gasteiger partial charge in [-0.05, 0) is 120 Å². The number of piperidine rings is 2. The minimum Gasteiger partial charge on any atom is -0.507 e. The average molecular weight is 615 g/mol. The maximum Gasteiger partial charge on any atom is 0.317 e. The Labute approximate surface area is 267 Å². The summed E-state index contributed by atoms with van der Waals surface area (Å²) in [4.78, 5) is 28.2. The Morgan fingerprint density at radius 2 is 1.52 bits per heavy atom. The maximum absolute atomic E-state index is 12.0. The SMILES string of the molecule is CN1C(C)(C)CC(C2CCCCN2C(CCCOC(=O)CC(=O)O)Cc2cc(C(C)(C)C)c(O)c(C(C)(C)C)c2)CC1(C)C. The molecule has 0 amide bonds. The molecule has 3 rings (SSSR count). The van der Waals surface area contributed by atoms with Gasteiger partial charge in [0.25, 0.3) is 0 Å². The van der Waals surface area contributed by atoms with Crippen LogP contribution in [-0.2, 0) is 31.6 Å². The topological polar surface area (TPSA) is 90.3 Å². The second-order valence-electron chi connectivity index (χ2n) is 17.0. The van der Waals surface area contributed by atoms with E-state index >= 15 is 0 Å². The van der Waals surface area contributed by atoms with Crippen molar-refractivity contribution in [1.29, 1.82) is 0 Å². The molecular weight excluding hydrogens is 552 g/mol. The normalized spacial score (nSPS) is 22.5. The van der Waals surface area contributed by atoms with Gasteiger partial charge in [0, 0.05) is 23.2 Å². The number of ether oxygens (including phenoxy) is 1. The Morgan fingerprint density at radius 3 is 2.02 bits per heavy atom. The second kappa shape index (κ2) is 13.7. The summed E-state index contributed by atoms with van der Waals surface area (Å²) in [7, 11) is 2.27. The minimum atomic E-state index is -1.16. The van der Waals surface area contributed by atoms with Crippen LogP contribution < -0.4 is 0 Å². The van der Waals surface area contributed by atoms with Gasteiger partial charge >= 0.3 is 11.9 Å². The zero-order valence-corrected chi connectivity index (χ0v) is 29.7. The molecule has 250 valence electrons. The largest absolute Gasteiger partial charge is 0.507 e. The molecule has 2 saturated heterocycles.